The van der Waals surface area contributed by atoms with Gasteiger partial charge in [-0.2, -0.15) is 5.26 Å². The summed E-state index contributed by atoms with van der Waals surface area (Å²) in [6.07, 6.45) is 2.78. The number of piperidine rings is 1. The Kier molecular flexibility index (Phi) is 4.32. The van der Waals surface area contributed by atoms with E-state index in [1.807, 2.05) is 32.0 Å². The molecule has 1 aromatic carbocycles. The smallest absolute Gasteiger partial charge is 0.327 e. The van der Waals surface area contributed by atoms with Crippen molar-refractivity contribution in [1.29, 1.82) is 5.26 Å². The number of urea groups is 1. The van der Waals surface area contributed by atoms with Gasteiger partial charge in [-0.15, -0.1) is 0 Å². The largest absolute Gasteiger partial charge is 0.387 e. The summed E-state index contributed by atoms with van der Waals surface area (Å²) in [5, 5.41) is 21.8. The molecular weight excluding hydrogens is 392 g/mol. The highest BCUT2D eigenvalue weighted by Gasteiger charge is 2.71. The number of carbonyl (C=O) groups excluding carboxylic acids is 2. The summed E-state index contributed by atoms with van der Waals surface area (Å²) in [5.41, 5.74) is 0.147. The third-order valence-electron chi connectivity index (χ3n) is 8.74. The first-order valence-corrected chi connectivity index (χ1v) is 11.4. The third-order valence-corrected chi connectivity index (χ3v) is 8.74. The summed E-state index contributed by atoms with van der Waals surface area (Å²) < 4.78 is 0. The number of likely N-dealkylation sites (N-methyl/N-ethyl adjacent to an activating group) is 3. The van der Waals surface area contributed by atoms with Crippen LogP contribution in [0.5, 0.6) is 0 Å². The van der Waals surface area contributed by atoms with E-state index < -0.39 is 16.6 Å². The van der Waals surface area contributed by atoms with Crippen LogP contribution in [-0.2, 0) is 16.6 Å². The van der Waals surface area contributed by atoms with Gasteiger partial charge in [0.05, 0.1) is 17.2 Å². The molecule has 1 N–H and O–H groups in total. The van der Waals surface area contributed by atoms with Crippen molar-refractivity contribution in [3.8, 4) is 6.07 Å². The number of nitrogens with zero attached hydrogens (tertiary/aromatic N) is 4. The molecule has 2 aliphatic heterocycles. The Labute approximate surface area is 183 Å². The lowest BCUT2D eigenvalue weighted by Gasteiger charge is -2.66. The zero-order chi connectivity index (χ0) is 22.2. The third kappa shape index (κ3) is 2.30. The van der Waals surface area contributed by atoms with Gasteiger partial charge < -0.3 is 14.9 Å². The molecular formula is C24H30N4O3. The minimum atomic E-state index is -0.991. The Balaban J connectivity index is 1.73. The molecule has 3 amide bonds. The van der Waals surface area contributed by atoms with Crippen LogP contribution >= 0.6 is 0 Å². The van der Waals surface area contributed by atoms with Crippen LogP contribution in [0.25, 0.3) is 0 Å². The predicted molar refractivity (Wildman–Crippen MR) is 114 cm³/mol. The molecule has 2 aliphatic carbocycles. The molecule has 3 fully saturated rings. The SMILES string of the molecule is CCN1C(=O)N(CC)[C@]2(CC[C@@]3(O)[C@H]4Cc5ccc(C#N)cc5[C@@]3(CCN4C)C2)C1=O. The summed E-state index contributed by atoms with van der Waals surface area (Å²) in [7, 11) is 2.06. The van der Waals surface area contributed by atoms with E-state index >= 15 is 0 Å². The fourth-order valence-electron chi connectivity index (χ4n) is 7.23. The average Bonchev–Trinajstić information content (AvgIpc) is 2.96. The van der Waals surface area contributed by atoms with E-state index in [1.165, 1.54) is 4.90 Å². The highest BCUT2D eigenvalue weighted by molar-refractivity contribution is 6.07. The van der Waals surface area contributed by atoms with Crippen molar-refractivity contribution in [2.45, 2.75) is 68.5 Å². The second-order valence-electron chi connectivity index (χ2n) is 9.73. The van der Waals surface area contributed by atoms with E-state index in [2.05, 4.69) is 18.0 Å². The van der Waals surface area contributed by atoms with Gasteiger partial charge in [-0.1, -0.05) is 6.07 Å². The summed E-state index contributed by atoms with van der Waals surface area (Å²) in [6.45, 7) is 5.38. The number of hydrogen-bond acceptors (Lipinski definition) is 5. The fourth-order valence-corrected chi connectivity index (χ4v) is 7.23. The number of amides is 3. The number of hydrogen-bond donors (Lipinski definition) is 1. The number of rotatable bonds is 2. The molecule has 164 valence electrons. The van der Waals surface area contributed by atoms with Gasteiger partial charge in [-0.25, -0.2) is 4.79 Å². The molecule has 5 rings (SSSR count). The van der Waals surface area contributed by atoms with Gasteiger partial charge in [0.1, 0.15) is 5.54 Å². The van der Waals surface area contributed by atoms with E-state index in [9.17, 15) is 20.0 Å². The van der Waals surface area contributed by atoms with Crippen LogP contribution in [0.3, 0.4) is 0 Å². The number of fused-ring (bicyclic) bond motifs is 1. The molecule has 1 saturated carbocycles. The Bertz CT molecular complexity index is 1020. The molecule has 2 heterocycles. The van der Waals surface area contributed by atoms with Crippen molar-refractivity contribution >= 4 is 11.9 Å². The molecule has 2 saturated heterocycles. The van der Waals surface area contributed by atoms with Gasteiger partial charge >= 0.3 is 6.03 Å². The number of carbonyl (C=O) groups is 2. The van der Waals surface area contributed by atoms with Gasteiger partial charge in [0, 0.05) is 24.5 Å². The van der Waals surface area contributed by atoms with Gasteiger partial charge in [0.15, 0.2) is 0 Å². The zero-order valence-electron chi connectivity index (χ0n) is 18.5. The molecule has 7 nitrogen and oxygen atoms in total. The maximum Gasteiger partial charge on any atom is 0.327 e. The molecule has 1 spiro atoms. The van der Waals surface area contributed by atoms with E-state index in [0.717, 1.165) is 24.1 Å². The quantitative estimate of drug-likeness (QED) is 0.737. The Morgan fingerprint density at radius 3 is 2.65 bits per heavy atom. The monoisotopic (exact) mass is 422 g/mol. The second-order valence-corrected chi connectivity index (χ2v) is 9.73. The minimum Gasteiger partial charge on any atom is -0.387 e. The predicted octanol–water partition coefficient (Wildman–Crippen LogP) is 2.01. The van der Waals surface area contributed by atoms with Crippen molar-refractivity contribution in [1.82, 2.24) is 14.7 Å². The normalized spacial score (nSPS) is 37.1. The summed E-state index contributed by atoms with van der Waals surface area (Å²) >= 11 is 0. The van der Waals surface area contributed by atoms with Crippen molar-refractivity contribution < 1.29 is 14.7 Å². The lowest BCUT2D eigenvalue weighted by molar-refractivity contribution is -0.184. The lowest BCUT2D eigenvalue weighted by Crippen LogP contribution is -2.76. The number of imide groups is 1. The van der Waals surface area contributed by atoms with E-state index in [1.54, 1.807) is 4.90 Å². The standard InChI is InChI=1S/C24H30N4O3/c1-4-27-20(29)23(28(5-2)21(27)30)8-9-24(31)19-13-17-7-6-16(14-25)12-18(17)22(24,15-23)10-11-26(19)3/h6-7,12,19,31H,4-5,8-11,13,15H2,1-3H3/t19-,22-,23+,24-/m1/s1. The highest BCUT2D eigenvalue weighted by Crippen LogP contribution is 2.61. The van der Waals surface area contributed by atoms with Crippen molar-refractivity contribution in [3.63, 3.8) is 0 Å². The second kappa shape index (κ2) is 6.54. The van der Waals surface area contributed by atoms with Gasteiger partial charge in [-0.05, 0) is 82.8 Å². The number of nitriles is 1. The first-order valence-electron chi connectivity index (χ1n) is 11.4. The van der Waals surface area contributed by atoms with Crippen LogP contribution < -0.4 is 0 Å². The molecule has 31 heavy (non-hydrogen) atoms. The van der Waals surface area contributed by atoms with E-state index in [-0.39, 0.29) is 18.0 Å². The maximum absolute atomic E-state index is 13.6. The molecule has 0 aromatic heterocycles. The molecule has 0 radical (unpaired) electrons. The lowest BCUT2D eigenvalue weighted by atomic mass is 9.46. The number of aliphatic hydroxyl groups is 1. The molecule has 7 heteroatoms. The molecule has 0 unspecified atom stereocenters. The van der Waals surface area contributed by atoms with Crippen molar-refractivity contribution in [2.75, 3.05) is 26.7 Å². The van der Waals surface area contributed by atoms with Crippen LogP contribution in [-0.4, -0.2) is 75.6 Å². The molecule has 4 atom stereocenters. The first kappa shape index (κ1) is 20.5. The summed E-state index contributed by atoms with van der Waals surface area (Å²) in [6, 6.07) is 7.77. The molecule has 4 aliphatic rings. The topological polar surface area (TPSA) is 87.9 Å². The number of benzene rings is 1. The van der Waals surface area contributed by atoms with Crippen molar-refractivity contribution in [2.24, 2.45) is 0 Å². The van der Waals surface area contributed by atoms with Crippen LogP contribution in [0.4, 0.5) is 4.79 Å². The van der Waals surface area contributed by atoms with Gasteiger partial charge in [-0.3, -0.25) is 9.69 Å². The molecule has 2 bridgehead atoms. The Morgan fingerprint density at radius 1 is 1.19 bits per heavy atom. The van der Waals surface area contributed by atoms with Crippen LogP contribution in [0, 0.1) is 11.3 Å². The first-order chi connectivity index (χ1) is 14.8. The van der Waals surface area contributed by atoms with Crippen molar-refractivity contribution in [3.05, 3.63) is 34.9 Å². The van der Waals surface area contributed by atoms with Gasteiger partial charge in [0.25, 0.3) is 5.91 Å². The fraction of sp³-hybridized carbons (Fsp3) is 0.625. The van der Waals surface area contributed by atoms with E-state index in [0.29, 0.717) is 44.3 Å². The molecule has 1 aromatic rings. The van der Waals surface area contributed by atoms with Crippen LogP contribution in [0.1, 0.15) is 56.2 Å². The average molecular weight is 423 g/mol. The van der Waals surface area contributed by atoms with Crippen LogP contribution in [0.2, 0.25) is 0 Å². The Morgan fingerprint density at radius 2 is 1.97 bits per heavy atom. The minimum absolute atomic E-state index is 0.0383. The zero-order valence-corrected chi connectivity index (χ0v) is 18.5. The summed E-state index contributed by atoms with van der Waals surface area (Å²) in [4.78, 5) is 32.1. The van der Waals surface area contributed by atoms with Gasteiger partial charge in [0.2, 0.25) is 0 Å². The maximum atomic E-state index is 13.6. The summed E-state index contributed by atoms with van der Waals surface area (Å²) in [5.74, 6) is -0.127. The Hall–Kier alpha value is -2.43. The van der Waals surface area contributed by atoms with E-state index in [4.69, 9.17) is 0 Å². The number of likely N-dealkylation sites (tertiary alicyclic amines) is 1. The highest BCUT2D eigenvalue weighted by atomic mass is 16.3. The van der Waals surface area contributed by atoms with Crippen LogP contribution in [0.15, 0.2) is 18.2 Å².